The fourth-order valence-electron chi connectivity index (χ4n) is 7.49. The summed E-state index contributed by atoms with van der Waals surface area (Å²) in [4.78, 5) is 67.5. The normalized spacial score (nSPS) is 24.3. The summed E-state index contributed by atoms with van der Waals surface area (Å²) in [7, 11) is 1.38. The molecule has 13 heteroatoms. The number of furan rings is 1. The molecule has 0 radical (unpaired) electrons. The molecule has 5 atom stereocenters. The van der Waals surface area contributed by atoms with Crippen molar-refractivity contribution in [3.8, 4) is 0 Å². The van der Waals surface area contributed by atoms with Crippen LogP contribution >= 0.6 is 0 Å². The highest BCUT2D eigenvalue weighted by molar-refractivity contribution is 6.03. The molecule has 3 aromatic rings. The van der Waals surface area contributed by atoms with Crippen molar-refractivity contribution in [2.24, 2.45) is 17.8 Å². The summed E-state index contributed by atoms with van der Waals surface area (Å²) < 4.78 is 6.98. The van der Waals surface area contributed by atoms with E-state index in [1.165, 1.54) is 30.3 Å². The summed E-state index contributed by atoms with van der Waals surface area (Å²) in [6, 6.07) is 8.88. The maximum absolute atomic E-state index is 13.5. The van der Waals surface area contributed by atoms with Crippen molar-refractivity contribution >= 4 is 40.3 Å². The van der Waals surface area contributed by atoms with Crippen molar-refractivity contribution < 1.29 is 28.7 Å². The molecule has 4 amide bonds. The molecule has 244 valence electrons. The van der Waals surface area contributed by atoms with Crippen molar-refractivity contribution in [3.63, 3.8) is 0 Å². The molecule has 46 heavy (non-hydrogen) atoms. The van der Waals surface area contributed by atoms with Crippen LogP contribution in [0.5, 0.6) is 0 Å². The second-order valence-electron chi connectivity index (χ2n) is 12.8. The van der Waals surface area contributed by atoms with Crippen LogP contribution in [0.25, 0.3) is 11.0 Å². The zero-order chi connectivity index (χ0) is 32.5. The van der Waals surface area contributed by atoms with E-state index < -0.39 is 35.4 Å². The van der Waals surface area contributed by atoms with Gasteiger partial charge in [-0.1, -0.05) is 18.2 Å². The zero-order valence-electron chi connectivity index (χ0n) is 26.0. The van der Waals surface area contributed by atoms with Gasteiger partial charge in [-0.15, -0.1) is 0 Å². The van der Waals surface area contributed by atoms with E-state index in [2.05, 4.69) is 26.2 Å². The largest absolute Gasteiger partial charge is 0.451 e. The van der Waals surface area contributed by atoms with Gasteiger partial charge in [-0.05, 0) is 75.0 Å². The molecule has 1 saturated carbocycles. The minimum absolute atomic E-state index is 0.0226. The zero-order valence-corrected chi connectivity index (χ0v) is 26.0. The molecule has 1 aliphatic carbocycles. The van der Waals surface area contributed by atoms with Crippen molar-refractivity contribution in [1.29, 1.82) is 0 Å². The number of hydrogen-bond donors (Lipinski definition) is 5. The molecular formula is C33H40N6O7. The minimum atomic E-state index is -1.41. The summed E-state index contributed by atoms with van der Waals surface area (Å²) in [5.41, 5.74) is 0.438. The number of benzene rings is 1. The van der Waals surface area contributed by atoms with Gasteiger partial charge in [0, 0.05) is 37.3 Å². The van der Waals surface area contributed by atoms with Crippen molar-refractivity contribution in [1.82, 2.24) is 25.4 Å². The molecule has 4 bridgehead atoms. The van der Waals surface area contributed by atoms with Crippen LogP contribution in [-0.4, -0.2) is 76.7 Å². The third-order valence-electron chi connectivity index (χ3n) is 9.61. The molecule has 2 aromatic heterocycles. The average molecular weight is 633 g/mol. The molecular weight excluding hydrogens is 592 g/mol. The van der Waals surface area contributed by atoms with Gasteiger partial charge in [-0.3, -0.25) is 28.9 Å². The van der Waals surface area contributed by atoms with E-state index in [9.17, 15) is 29.1 Å². The summed E-state index contributed by atoms with van der Waals surface area (Å²) in [6.45, 7) is 3.50. The van der Waals surface area contributed by atoms with Gasteiger partial charge in [0.2, 0.25) is 17.7 Å². The van der Waals surface area contributed by atoms with E-state index in [1.807, 2.05) is 12.1 Å². The van der Waals surface area contributed by atoms with Gasteiger partial charge < -0.3 is 35.4 Å². The summed E-state index contributed by atoms with van der Waals surface area (Å²) in [5.74, 6) is -0.443. The smallest absolute Gasteiger partial charge is 0.287 e. The Kier molecular flexibility index (Phi) is 8.96. The number of anilines is 1. The Balaban J connectivity index is 1.14. The number of fused-ring (bicyclic) bond motifs is 1. The lowest BCUT2D eigenvalue weighted by atomic mass is 9.67. The van der Waals surface area contributed by atoms with E-state index >= 15 is 0 Å². The molecule has 3 saturated heterocycles. The number of aromatic nitrogens is 1. The number of aliphatic hydroxyl groups excluding tert-OH is 1. The first-order chi connectivity index (χ1) is 22.1. The number of carbonyl (C=O) groups excluding carboxylic acids is 4. The fraction of sp³-hybridized carbons (Fsp3) is 0.485. The molecule has 13 nitrogen and oxygen atoms in total. The number of aryl methyl sites for hydroxylation is 1. The maximum atomic E-state index is 13.5. The first-order valence-corrected chi connectivity index (χ1v) is 15.8. The Morgan fingerprint density at radius 3 is 2.43 bits per heavy atom. The quantitative estimate of drug-likeness (QED) is 0.210. The van der Waals surface area contributed by atoms with E-state index in [1.54, 1.807) is 25.1 Å². The van der Waals surface area contributed by atoms with E-state index in [0.717, 1.165) is 31.3 Å². The lowest BCUT2D eigenvalue weighted by Crippen LogP contribution is -2.65. The SMILES string of the molecule is CNC(=O)C(O)CC[C@H](NC(=O)c1oc2ccccc2c1C)C(=O)Nc1cccn(CC(=O)NC2C3CC4CC(C3)CN2C4)c1=O. The van der Waals surface area contributed by atoms with Crippen LogP contribution < -0.4 is 26.8 Å². The van der Waals surface area contributed by atoms with Gasteiger partial charge in [-0.25, -0.2) is 0 Å². The van der Waals surface area contributed by atoms with Crippen LogP contribution in [0.3, 0.4) is 0 Å². The summed E-state index contributed by atoms with van der Waals surface area (Å²) >= 11 is 0. The summed E-state index contributed by atoms with van der Waals surface area (Å²) in [5, 5.41) is 21.7. The first kappa shape index (κ1) is 31.5. The number of nitrogens with one attached hydrogen (secondary N) is 4. The monoisotopic (exact) mass is 632 g/mol. The molecule has 5 heterocycles. The summed E-state index contributed by atoms with van der Waals surface area (Å²) in [6.07, 6.45) is 3.30. The number of amides is 4. The highest BCUT2D eigenvalue weighted by atomic mass is 16.3. The maximum Gasteiger partial charge on any atom is 0.287 e. The fourth-order valence-corrected chi connectivity index (χ4v) is 7.49. The predicted molar refractivity (Wildman–Crippen MR) is 169 cm³/mol. The number of nitrogens with zero attached hydrogens (tertiary/aromatic N) is 2. The molecule has 4 unspecified atom stereocenters. The molecule has 0 spiro atoms. The van der Waals surface area contributed by atoms with E-state index in [-0.39, 0.29) is 42.9 Å². The second-order valence-corrected chi connectivity index (χ2v) is 12.8. The predicted octanol–water partition coefficient (Wildman–Crippen LogP) is 1.33. The number of rotatable bonds is 11. The number of aliphatic hydroxyl groups is 1. The Morgan fingerprint density at radius 2 is 1.74 bits per heavy atom. The lowest BCUT2D eigenvalue weighted by molar-refractivity contribution is -0.131. The molecule has 3 aliphatic heterocycles. The third kappa shape index (κ3) is 6.42. The van der Waals surface area contributed by atoms with Crippen LogP contribution in [0.4, 0.5) is 5.69 Å². The van der Waals surface area contributed by atoms with Crippen LogP contribution in [-0.2, 0) is 20.9 Å². The first-order valence-electron chi connectivity index (χ1n) is 15.8. The Hall–Kier alpha value is -4.49. The van der Waals surface area contributed by atoms with Crippen LogP contribution in [0.15, 0.2) is 51.8 Å². The second kappa shape index (κ2) is 13.1. The van der Waals surface area contributed by atoms with Gasteiger partial charge >= 0.3 is 0 Å². The van der Waals surface area contributed by atoms with Crippen molar-refractivity contribution in [2.75, 3.05) is 25.5 Å². The number of para-hydroxylation sites is 1. The molecule has 4 aliphatic rings. The highest BCUT2D eigenvalue weighted by Crippen LogP contribution is 2.45. The van der Waals surface area contributed by atoms with Gasteiger partial charge in [0.1, 0.15) is 30.0 Å². The number of hydrogen-bond acceptors (Lipinski definition) is 8. The third-order valence-corrected chi connectivity index (χ3v) is 9.61. The Morgan fingerprint density at radius 1 is 1.00 bits per heavy atom. The van der Waals surface area contributed by atoms with Gasteiger partial charge in [0.05, 0.1) is 6.17 Å². The number of likely N-dealkylation sites (N-methyl/N-ethyl adjacent to an activating group) is 1. The molecule has 1 aromatic carbocycles. The minimum Gasteiger partial charge on any atom is -0.451 e. The number of pyridine rings is 1. The van der Waals surface area contributed by atoms with E-state index in [0.29, 0.717) is 28.9 Å². The van der Waals surface area contributed by atoms with E-state index in [4.69, 9.17) is 4.42 Å². The molecule has 7 rings (SSSR count). The topological polar surface area (TPSA) is 175 Å². The standard InChI is InChI=1S/C33H40N6O7/c1-18-22-6-3-4-8-26(22)46-28(18)32(44)35-23(9-10-25(40)31(43)34-2)30(42)36-24-7-5-11-38(33(24)45)17-27(41)37-29-21-13-19-12-20(14-21)16-39(29)15-19/h3-8,11,19-21,23,25,29,40H,9-10,12-17H2,1-2H3,(H,34,43)(H,35,44)(H,36,42)(H,37,41)/t19?,20?,21?,23-,25?,29?/m0/s1. The Labute approximate surface area is 265 Å². The average Bonchev–Trinajstić information content (AvgIpc) is 3.38. The van der Waals surface area contributed by atoms with Crippen molar-refractivity contribution in [3.05, 3.63) is 64.3 Å². The number of piperidine rings is 3. The van der Waals surface area contributed by atoms with Gasteiger partial charge in [0.25, 0.3) is 11.5 Å². The molecule has 5 N–H and O–H groups in total. The van der Waals surface area contributed by atoms with Crippen LogP contribution in [0.2, 0.25) is 0 Å². The van der Waals surface area contributed by atoms with Gasteiger partial charge in [0.15, 0.2) is 5.76 Å². The number of carbonyl (C=O) groups is 4. The molecule has 4 fully saturated rings. The van der Waals surface area contributed by atoms with Crippen LogP contribution in [0, 0.1) is 24.7 Å². The van der Waals surface area contributed by atoms with Crippen molar-refractivity contribution in [2.45, 2.75) is 63.9 Å². The highest BCUT2D eigenvalue weighted by Gasteiger charge is 2.47. The lowest BCUT2D eigenvalue weighted by Gasteiger charge is -2.56. The van der Waals surface area contributed by atoms with Gasteiger partial charge in [-0.2, -0.15) is 0 Å². The Bertz CT molecular complexity index is 1690. The van der Waals surface area contributed by atoms with Crippen LogP contribution in [0.1, 0.15) is 48.2 Å².